The van der Waals surface area contributed by atoms with E-state index in [-0.39, 0.29) is 18.0 Å². The Labute approximate surface area is 104 Å². The summed E-state index contributed by atoms with van der Waals surface area (Å²) in [5, 5.41) is 3.06. The highest BCUT2D eigenvalue weighted by atomic mass is 16.2. The highest BCUT2D eigenvalue weighted by Gasteiger charge is 2.23. The van der Waals surface area contributed by atoms with E-state index in [0.29, 0.717) is 0 Å². The number of amides is 1. The number of anilines is 1. The standard InChI is InChI=1S/C14H22N2O/c1-10(2)16(11(3)4)14(17)12-8-6-7-9-13(12)15-5/h6-11,15H,1-5H3. The first-order chi connectivity index (χ1) is 7.99. The van der Waals surface area contributed by atoms with Gasteiger partial charge in [0, 0.05) is 24.8 Å². The third-order valence-electron chi connectivity index (χ3n) is 2.77. The number of benzene rings is 1. The summed E-state index contributed by atoms with van der Waals surface area (Å²) in [6.45, 7) is 8.17. The molecule has 0 aromatic heterocycles. The summed E-state index contributed by atoms with van der Waals surface area (Å²) in [5.74, 6) is 0.0833. The van der Waals surface area contributed by atoms with Crippen molar-refractivity contribution < 1.29 is 4.79 Å². The van der Waals surface area contributed by atoms with Crippen LogP contribution in [0.2, 0.25) is 0 Å². The monoisotopic (exact) mass is 234 g/mol. The van der Waals surface area contributed by atoms with Crippen molar-refractivity contribution in [2.75, 3.05) is 12.4 Å². The summed E-state index contributed by atoms with van der Waals surface area (Å²) in [5.41, 5.74) is 1.61. The Hall–Kier alpha value is -1.51. The Balaban J connectivity index is 3.09. The zero-order chi connectivity index (χ0) is 13.0. The van der Waals surface area contributed by atoms with Crippen molar-refractivity contribution in [1.29, 1.82) is 0 Å². The maximum atomic E-state index is 12.5. The highest BCUT2D eigenvalue weighted by Crippen LogP contribution is 2.19. The van der Waals surface area contributed by atoms with Gasteiger partial charge in [0.05, 0.1) is 5.56 Å². The first-order valence-corrected chi connectivity index (χ1v) is 6.08. The number of rotatable bonds is 4. The topological polar surface area (TPSA) is 32.3 Å². The lowest BCUT2D eigenvalue weighted by molar-refractivity contribution is 0.0645. The molecule has 1 aromatic carbocycles. The number of carbonyl (C=O) groups is 1. The number of carbonyl (C=O) groups excluding carboxylic acids is 1. The third kappa shape index (κ3) is 2.99. The molecule has 0 fully saturated rings. The predicted molar refractivity (Wildman–Crippen MR) is 72.4 cm³/mol. The van der Waals surface area contributed by atoms with Gasteiger partial charge in [-0.1, -0.05) is 12.1 Å². The van der Waals surface area contributed by atoms with Crippen molar-refractivity contribution >= 4 is 11.6 Å². The van der Waals surface area contributed by atoms with Crippen molar-refractivity contribution in [3.05, 3.63) is 29.8 Å². The van der Waals surface area contributed by atoms with E-state index in [9.17, 15) is 4.79 Å². The van der Waals surface area contributed by atoms with E-state index < -0.39 is 0 Å². The van der Waals surface area contributed by atoms with Gasteiger partial charge in [-0.25, -0.2) is 0 Å². The van der Waals surface area contributed by atoms with E-state index in [1.54, 1.807) is 0 Å². The number of hydrogen-bond donors (Lipinski definition) is 1. The van der Waals surface area contributed by atoms with Gasteiger partial charge in [-0.05, 0) is 39.8 Å². The maximum absolute atomic E-state index is 12.5. The van der Waals surface area contributed by atoms with Crippen LogP contribution >= 0.6 is 0 Å². The molecule has 0 heterocycles. The number of nitrogens with zero attached hydrogens (tertiary/aromatic N) is 1. The molecular weight excluding hydrogens is 212 g/mol. The van der Waals surface area contributed by atoms with Gasteiger partial charge in [-0.15, -0.1) is 0 Å². The lowest BCUT2D eigenvalue weighted by Crippen LogP contribution is -2.42. The van der Waals surface area contributed by atoms with Crippen LogP contribution in [0.1, 0.15) is 38.1 Å². The Kier molecular flexibility index (Phi) is 4.55. The van der Waals surface area contributed by atoms with Crippen LogP contribution in [0.15, 0.2) is 24.3 Å². The zero-order valence-corrected chi connectivity index (χ0v) is 11.3. The molecule has 3 nitrogen and oxygen atoms in total. The second-order valence-corrected chi connectivity index (χ2v) is 4.70. The van der Waals surface area contributed by atoms with Crippen LogP contribution in [-0.2, 0) is 0 Å². The quantitative estimate of drug-likeness (QED) is 0.868. The molecule has 0 saturated heterocycles. The summed E-state index contributed by atoms with van der Waals surface area (Å²) >= 11 is 0. The second-order valence-electron chi connectivity index (χ2n) is 4.70. The van der Waals surface area contributed by atoms with Crippen LogP contribution in [0.5, 0.6) is 0 Å². The molecule has 0 unspecified atom stereocenters. The molecule has 0 aliphatic rings. The predicted octanol–water partition coefficient (Wildman–Crippen LogP) is 2.99. The van der Waals surface area contributed by atoms with Crippen LogP contribution in [0, 0.1) is 0 Å². The smallest absolute Gasteiger partial charge is 0.256 e. The van der Waals surface area contributed by atoms with Crippen LogP contribution in [0.3, 0.4) is 0 Å². The summed E-state index contributed by atoms with van der Waals surface area (Å²) in [6.07, 6.45) is 0. The molecule has 0 bridgehead atoms. The Morgan fingerprint density at radius 1 is 1.12 bits per heavy atom. The van der Waals surface area contributed by atoms with E-state index in [4.69, 9.17) is 0 Å². The van der Waals surface area contributed by atoms with E-state index in [1.165, 1.54) is 0 Å². The summed E-state index contributed by atoms with van der Waals surface area (Å²) < 4.78 is 0. The molecule has 0 saturated carbocycles. The molecule has 0 atom stereocenters. The van der Waals surface area contributed by atoms with Crippen molar-refractivity contribution in [3.63, 3.8) is 0 Å². The lowest BCUT2D eigenvalue weighted by atomic mass is 10.1. The van der Waals surface area contributed by atoms with E-state index in [2.05, 4.69) is 5.32 Å². The largest absolute Gasteiger partial charge is 0.387 e. The van der Waals surface area contributed by atoms with Crippen LogP contribution in [-0.4, -0.2) is 29.9 Å². The molecule has 1 rings (SSSR count). The lowest BCUT2D eigenvalue weighted by Gasteiger charge is -2.31. The molecule has 0 radical (unpaired) electrons. The van der Waals surface area contributed by atoms with Crippen LogP contribution in [0.25, 0.3) is 0 Å². The van der Waals surface area contributed by atoms with Gasteiger partial charge >= 0.3 is 0 Å². The minimum atomic E-state index is 0.0833. The fraction of sp³-hybridized carbons (Fsp3) is 0.500. The first-order valence-electron chi connectivity index (χ1n) is 6.08. The zero-order valence-electron chi connectivity index (χ0n) is 11.3. The van der Waals surface area contributed by atoms with Crippen LogP contribution in [0.4, 0.5) is 5.69 Å². The molecule has 0 aliphatic carbocycles. The molecule has 1 aromatic rings. The summed E-state index contributed by atoms with van der Waals surface area (Å²) in [4.78, 5) is 14.4. The highest BCUT2D eigenvalue weighted by molar-refractivity contribution is 5.99. The fourth-order valence-electron chi connectivity index (χ4n) is 2.09. The first kappa shape index (κ1) is 13.6. The van der Waals surface area contributed by atoms with Gasteiger partial charge in [0.2, 0.25) is 0 Å². The average molecular weight is 234 g/mol. The minimum Gasteiger partial charge on any atom is -0.387 e. The fourth-order valence-corrected chi connectivity index (χ4v) is 2.09. The Morgan fingerprint density at radius 2 is 1.65 bits per heavy atom. The van der Waals surface area contributed by atoms with E-state index >= 15 is 0 Å². The van der Waals surface area contributed by atoms with Gasteiger partial charge in [0.25, 0.3) is 5.91 Å². The number of hydrogen-bond acceptors (Lipinski definition) is 2. The maximum Gasteiger partial charge on any atom is 0.256 e. The van der Waals surface area contributed by atoms with Crippen molar-refractivity contribution in [2.24, 2.45) is 0 Å². The Bertz CT molecular complexity index is 378. The minimum absolute atomic E-state index is 0.0833. The average Bonchev–Trinajstić information content (AvgIpc) is 2.27. The second kappa shape index (κ2) is 5.71. The Morgan fingerprint density at radius 3 is 2.12 bits per heavy atom. The van der Waals surface area contributed by atoms with Crippen molar-refractivity contribution in [1.82, 2.24) is 4.90 Å². The van der Waals surface area contributed by atoms with Gasteiger partial charge in [-0.2, -0.15) is 0 Å². The summed E-state index contributed by atoms with van der Waals surface area (Å²) in [6, 6.07) is 8.02. The van der Waals surface area contributed by atoms with E-state index in [0.717, 1.165) is 11.3 Å². The SMILES string of the molecule is CNc1ccccc1C(=O)N(C(C)C)C(C)C. The van der Waals surface area contributed by atoms with Crippen molar-refractivity contribution in [2.45, 2.75) is 39.8 Å². The van der Waals surface area contributed by atoms with Gasteiger partial charge < -0.3 is 10.2 Å². The number of para-hydroxylation sites is 1. The summed E-state index contributed by atoms with van der Waals surface area (Å²) in [7, 11) is 1.83. The molecule has 17 heavy (non-hydrogen) atoms. The molecule has 3 heteroatoms. The van der Waals surface area contributed by atoms with E-state index in [1.807, 2.05) is 63.9 Å². The van der Waals surface area contributed by atoms with Crippen LogP contribution < -0.4 is 5.32 Å². The van der Waals surface area contributed by atoms with Gasteiger partial charge in [0.1, 0.15) is 0 Å². The molecule has 0 aliphatic heterocycles. The normalized spacial score (nSPS) is 10.8. The van der Waals surface area contributed by atoms with Crippen molar-refractivity contribution in [3.8, 4) is 0 Å². The molecule has 94 valence electrons. The van der Waals surface area contributed by atoms with Gasteiger partial charge in [0.15, 0.2) is 0 Å². The molecular formula is C14H22N2O. The molecule has 1 N–H and O–H groups in total. The van der Waals surface area contributed by atoms with Gasteiger partial charge in [-0.3, -0.25) is 4.79 Å². The number of nitrogens with one attached hydrogen (secondary N) is 1. The molecule has 0 spiro atoms. The third-order valence-corrected chi connectivity index (χ3v) is 2.77. The molecule has 1 amide bonds.